The van der Waals surface area contributed by atoms with E-state index in [1.54, 1.807) is 44.4 Å². The summed E-state index contributed by atoms with van der Waals surface area (Å²) in [7, 11) is 3.40. The quantitative estimate of drug-likeness (QED) is 0.908. The Morgan fingerprint density at radius 1 is 1.15 bits per heavy atom. The van der Waals surface area contributed by atoms with Crippen molar-refractivity contribution >= 4 is 5.91 Å². The minimum atomic E-state index is -0.0777. The van der Waals surface area contributed by atoms with E-state index in [0.717, 1.165) is 11.1 Å². The van der Waals surface area contributed by atoms with Gasteiger partial charge in [-0.05, 0) is 35.4 Å². The number of benzene rings is 2. The van der Waals surface area contributed by atoms with Crippen molar-refractivity contribution in [1.29, 1.82) is 5.26 Å². The standard InChI is InChI=1S/C16H14N2O2/c1-18(2)16(20)13-5-3-4-11(8-13)12-6-7-15(19)14(9-12)10-17/h3-9,19H,1-2H3. The van der Waals surface area contributed by atoms with E-state index in [2.05, 4.69) is 0 Å². The summed E-state index contributed by atoms with van der Waals surface area (Å²) in [6.07, 6.45) is 0. The largest absolute Gasteiger partial charge is 0.507 e. The van der Waals surface area contributed by atoms with Gasteiger partial charge in [-0.25, -0.2) is 0 Å². The lowest BCUT2D eigenvalue weighted by Crippen LogP contribution is -2.21. The summed E-state index contributed by atoms with van der Waals surface area (Å²) >= 11 is 0. The fraction of sp³-hybridized carbons (Fsp3) is 0.125. The second-order valence-electron chi connectivity index (χ2n) is 4.62. The molecule has 0 bridgehead atoms. The van der Waals surface area contributed by atoms with Gasteiger partial charge >= 0.3 is 0 Å². The predicted octanol–water partition coefficient (Wildman–Crippen LogP) is 2.63. The maximum absolute atomic E-state index is 11.9. The maximum atomic E-state index is 11.9. The first-order valence-electron chi connectivity index (χ1n) is 6.08. The molecule has 2 aromatic rings. The summed E-state index contributed by atoms with van der Waals surface area (Å²) in [5.41, 5.74) is 2.41. The molecule has 0 saturated carbocycles. The molecule has 1 N–H and O–H groups in total. The molecule has 0 fully saturated rings. The molecule has 0 atom stereocenters. The summed E-state index contributed by atoms with van der Waals surface area (Å²) in [4.78, 5) is 13.4. The number of rotatable bonds is 2. The Kier molecular flexibility index (Phi) is 3.72. The number of amides is 1. The summed E-state index contributed by atoms with van der Waals surface area (Å²) in [5.74, 6) is -0.122. The van der Waals surface area contributed by atoms with Crippen LogP contribution in [0.2, 0.25) is 0 Å². The van der Waals surface area contributed by atoms with Crippen molar-refractivity contribution in [2.45, 2.75) is 0 Å². The summed E-state index contributed by atoms with van der Waals surface area (Å²) in [5, 5.41) is 18.4. The van der Waals surface area contributed by atoms with E-state index >= 15 is 0 Å². The third-order valence-corrected chi connectivity index (χ3v) is 2.97. The SMILES string of the molecule is CN(C)C(=O)c1cccc(-c2ccc(O)c(C#N)c2)c1. The Labute approximate surface area is 117 Å². The molecule has 1 amide bonds. The Balaban J connectivity index is 2.47. The number of phenolic OH excluding ortho intramolecular Hbond substituents is 1. The average Bonchev–Trinajstić information content (AvgIpc) is 2.47. The fourth-order valence-electron chi connectivity index (χ4n) is 1.90. The summed E-state index contributed by atoms with van der Waals surface area (Å²) in [6, 6.07) is 13.9. The van der Waals surface area contributed by atoms with Crippen molar-refractivity contribution in [1.82, 2.24) is 4.90 Å². The second-order valence-corrected chi connectivity index (χ2v) is 4.62. The molecule has 20 heavy (non-hydrogen) atoms. The highest BCUT2D eigenvalue weighted by atomic mass is 16.3. The van der Waals surface area contributed by atoms with Gasteiger partial charge < -0.3 is 10.0 Å². The second kappa shape index (κ2) is 5.45. The fourth-order valence-corrected chi connectivity index (χ4v) is 1.90. The predicted molar refractivity (Wildman–Crippen MR) is 76.3 cm³/mol. The normalized spacial score (nSPS) is 9.85. The van der Waals surface area contributed by atoms with E-state index in [4.69, 9.17) is 5.26 Å². The van der Waals surface area contributed by atoms with Crippen LogP contribution in [0.5, 0.6) is 5.75 Å². The first-order valence-corrected chi connectivity index (χ1v) is 6.08. The zero-order valence-corrected chi connectivity index (χ0v) is 11.3. The number of aromatic hydroxyl groups is 1. The number of phenols is 1. The molecule has 0 aliphatic heterocycles. The van der Waals surface area contributed by atoms with Crippen molar-refractivity contribution in [3.05, 3.63) is 53.6 Å². The Morgan fingerprint density at radius 3 is 2.50 bits per heavy atom. The van der Waals surface area contributed by atoms with E-state index in [9.17, 15) is 9.90 Å². The van der Waals surface area contributed by atoms with Crippen LogP contribution in [0, 0.1) is 11.3 Å². The molecular formula is C16H14N2O2. The van der Waals surface area contributed by atoms with E-state index < -0.39 is 0 Å². The van der Waals surface area contributed by atoms with Gasteiger partial charge in [-0.15, -0.1) is 0 Å². The zero-order chi connectivity index (χ0) is 14.7. The Bertz CT molecular complexity index is 700. The van der Waals surface area contributed by atoms with Gasteiger partial charge in [0, 0.05) is 19.7 Å². The molecule has 0 saturated heterocycles. The molecule has 0 aromatic heterocycles. The topological polar surface area (TPSA) is 64.3 Å². The van der Waals surface area contributed by atoms with Gasteiger partial charge in [-0.3, -0.25) is 4.79 Å². The third kappa shape index (κ3) is 2.62. The van der Waals surface area contributed by atoms with Crippen molar-refractivity contribution in [2.75, 3.05) is 14.1 Å². The van der Waals surface area contributed by atoms with Crippen LogP contribution < -0.4 is 0 Å². The van der Waals surface area contributed by atoms with Gasteiger partial charge in [0.15, 0.2) is 0 Å². The number of carbonyl (C=O) groups excluding carboxylic acids is 1. The van der Waals surface area contributed by atoms with Gasteiger partial charge in [0.25, 0.3) is 5.91 Å². The van der Waals surface area contributed by atoms with E-state index in [1.807, 2.05) is 12.1 Å². The lowest BCUT2D eigenvalue weighted by molar-refractivity contribution is 0.0827. The van der Waals surface area contributed by atoms with Gasteiger partial charge in [0.2, 0.25) is 0 Å². The van der Waals surface area contributed by atoms with Crippen LogP contribution in [0.15, 0.2) is 42.5 Å². The minimum absolute atomic E-state index is 0.0447. The molecule has 0 aliphatic rings. The van der Waals surface area contributed by atoms with E-state index in [1.165, 1.54) is 11.0 Å². The lowest BCUT2D eigenvalue weighted by atomic mass is 10.0. The van der Waals surface area contributed by atoms with E-state index in [0.29, 0.717) is 5.56 Å². The average molecular weight is 266 g/mol. The minimum Gasteiger partial charge on any atom is -0.507 e. The number of nitrogens with zero attached hydrogens (tertiary/aromatic N) is 2. The molecule has 0 spiro atoms. The number of hydrogen-bond donors (Lipinski definition) is 1. The first kappa shape index (κ1) is 13.6. The summed E-state index contributed by atoms with van der Waals surface area (Å²) < 4.78 is 0. The van der Waals surface area contributed by atoms with Crippen LogP contribution in [0.25, 0.3) is 11.1 Å². The molecule has 0 aliphatic carbocycles. The highest BCUT2D eigenvalue weighted by Gasteiger charge is 2.10. The van der Waals surface area contributed by atoms with Gasteiger partial charge in [0.05, 0.1) is 5.56 Å². The molecule has 4 heteroatoms. The number of hydrogen-bond acceptors (Lipinski definition) is 3. The van der Waals surface area contributed by atoms with Crippen LogP contribution in [0.4, 0.5) is 0 Å². The number of carbonyl (C=O) groups is 1. The molecule has 0 heterocycles. The lowest BCUT2D eigenvalue weighted by Gasteiger charge is -2.11. The molecule has 0 unspecified atom stereocenters. The summed E-state index contributed by atoms with van der Waals surface area (Å²) in [6.45, 7) is 0. The maximum Gasteiger partial charge on any atom is 0.253 e. The van der Waals surface area contributed by atoms with Crippen molar-refractivity contribution in [3.63, 3.8) is 0 Å². The zero-order valence-electron chi connectivity index (χ0n) is 11.3. The van der Waals surface area contributed by atoms with Crippen LogP contribution in [-0.2, 0) is 0 Å². The van der Waals surface area contributed by atoms with E-state index in [-0.39, 0.29) is 17.2 Å². The van der Waals surface area contributed by atoms with Gasteiger partial charge in [0.1, 0.15) is 11.8 Å². The monoisotopic (exact) mass is 266 g/mol. The molecule has 4 nitrogen and oxygen atoms in total. The number of nitriles is 1. The highest BCUT2D eigenvalue weighted by Crippen LogP contribution is 2.26. The van der Waals surface area contributed by atoms with Crippen LogP contribution in [0.3, 0.4) is 0 Å². The Hall–Kier alpha value is -2.80. The Morgan fingerprint density at radius 2 is 1.85 bits per heavy atom. The van der Waals surface area contributed by atoms with Crippen LogP contribution in [-0.4, -0.2) is 30.0 Å². The molecule has 2 rings (SSSR count). The third-order valence-electron chi connectivity index (χ3n) is 2.97. The van der Waals surface area contributed by atoms with Crippen LogP contribution in [0.1, 0.15) is 15.9 Å². The molecular weight excluding hydrogens is 252 g/mol. The first-order chi connectivity index (χ1) is 9.52. The molecule has 2 aromatic carbocycles. The molecule has 100 valence electrons. The highest BCUT2D eigenvalue weighted by molar-refractivity contribution is 5.95. The van der Waals surface area contributed by atoms with Crippen molar-refractivity contribution < 1.29 is 9.90 Å². The van der Waals surface area contributed by atoms with Gasteiger partial charge in [-0.2, -0.15) is 5.26 Å². The smallest absolute Gasteiger partial charge is 0.253 e. The van der Waals surface area contributed by atoms with Gasteiger partial charge in [-0.1, -0.05) is 18.2 Å². The molecule has 0 radical (unpaired) electrons. The van der Waals surface area contributed by atoms with Crippen molar-refractivity contribution in [2.24, 2.45) is 0 Å². The van der Waals surface area contributed by atoms with Crippen molar-refractivity contribution in [3.8, 4) is 22.9 Å². The van der Waals surface area contributed by atoms with Crippen LogP contribution >= 0.6 is 0 Å².